The van der Waals surface area contributed by atoms with E-state index >= 15 is 0 Å². The lowest BCUT2D eigenvalue weighted by atomic mass is 9.96. The van der Waals surface area contributed by atoms with Crippen molar-refractivity contribution in [3.63, 3.8) is 0 Å². The number of nitrogens with zero attached hydrogens (tertiary/aromatic N) is 3. The number of anilines is 1. The fourth-order valence-electron chi connectivity index (χ4n) is 4.78. The maximum Gasteiger partial charge on any atom is 0.174 e. The highest BCUT2D eigenvalue weighted by Gasteiger charge is 2.42. The minimum absolute atomic E-state index is 0.0989. The Morgan fingerprint density at radius 3 is 2.41 bits per heavy atom. The Labute approximate surface area is 210 Å². The number of rotatable bonds is 5. The fraction of sp³-hybridized carbons (Fsp3) is 0.185. The first-order valence-corrected chi connectivity index (χ1v) is 11.9. The van der Waals surface area contributed by atoms with Crippen LogP contribution < -0.4 is 15.0 Å². The Balaban J connectivity index is 1.68. The molecule has 1 aliphatic rings. The van der Waals surface area contributed by atoms with E-state index in [0.717, 1.165) is 39.8 Å². The van der Waals surface area contributed by atoms with Crippen molar-refractivity contribution in [3.05, 3.63) is 107 Å². The third-order valence-electron chi connectivity index (χ3n) is 6.33. The Hall–Kier alpha value is -3.35. The molecule has 172 valence electrons. The minimum atomic E-state index is -0.115. The van der Waals surface area contributed by atoms with Gasteiger partial charge in [-0.2, -0.15) is 0 Å². The van der Waals surface area contributed by atoms with Gasteiger partial charge in [-0.05, 0) is 86.2 Å². The van der Waals surface area contributed by atoms with Crippen LogP contribution in [0.5, 0.6) is 5.75 Å². The lowest BCUT2D eigenvalue weighted by Crippen LogP contribution is -2.29. The van der Waals surface area contributed by atoms with E-state index in [4.69, 9.17) is 28.6 Å². The van der Waals surface area contributed by atoms with Gasteiger partial charge in [0.2, 0.25) is 0 Å². The van der Waals surface area contributed by atoms with Gasteiger partial charge in [0.1, 0.15) is 5.75 Å². The molecule has 5 nitrogen and oxygen atoms in total. The van der Waals surface area contributed by atoms with E-state index in [0.29, 0.717) is 10.1 Å². The van der Waals surface area contributed by atoms with Crippen molar-refractivity contribution in [2.75, 3.05) is 12.0 Å². The van der Waals surface area contributed by atoms with E-state index in [1.165, 1.54) is 0 Å². The average molecular weight is 489 g/mol. The number of aryl methyl sites for hydroxylation is 1. The van der Waals surface area contributed by atoms with E-state index in [9.17, 15) is 0 Å². The zero-order valence-corrected chi connectivity index (χ0v) is 20.8. The summed E-state index contributed by atoms with van der Waals surface area (Å²) in [5.41, 5.74) is 6.27. The molecule has 3 heterocycles. The molecule has 0 aliphatic carbocycles. The normalized spacial score (nSPS) is 17.6. The number of nitrogens with one attached hydrogen (secondary N) is 1. The van der Waals surface area contributed by atoms with Crippen LogP contribution in [-0.4, -0.2) is 21.8 Å². The summed E-state index contributed by atoms with van der Waals surface area (Å²) in [5.74, 6) is 0.802. The first kappa shape index (κ1) is 22.4. The Kier molecular flexibility index (Phi) is 6.02. The van der Waals surface area contributed by atoms with Crippen molar-refractivity contribution in [2.24, 2.45) is 0 Å². The van der Waals surface area contributed by atoms with Crippen LogP contribution in [0.15, 0.2) is 79.0 Å². The van der Waals surface area contributed by atoms with E-state index in [-0.39, 0.29) is 12.1 Å². The molecule has 1 N–H and O–H groups in total. The van der Waals surface area contributed by atoms with Crippen LogP contribution in [0.4, 0.5) is 5.69 Å². The van der Waals surface area contributed by atoms with Crippen LogP contribution in [0, 0.1) is 13.8 Å². The number of benzene rings is 2. The van der Waals surface area contributed by atoms with E-state index in [2.05, 4.69) is 39.7 Å². The first-order chi connectivity index (χ1) is 16.5. The number of methoxy groups -OCH3 is 1. The maximum absolute atomic E-state index is 6.59. The van der Waals surface area contributed by atoms with E-state index < -0.39 is 0 Å². The number of hydrogen-bond acceptors (Lipinski definition) is 3. The molecule has 4 aromatic rings. The highest BCUT2D eigenvalue weighted by molar-refractivity contribution is 7.80. The van der Waals surface area contributed by atoms with Crippen molar-refractivity contribution in [1.82, 2.24) is 14.9 Å². The standard InChI is InChI=1S/C27H25ClN4OS/c1-17-16-21(18(2)31(17)24-10-5-4-8-22(24)28)26-25(23-9-6-7-15-29-23)30-27(34)32(26)19-11-13-20(33-3)14-12-19/h4-16,25-26H,1-3H3,(H,30,34). The largest absolute Gasteiger partial charge is 0.497 e. The number of aromatic nitrogens is 2. The van der Waals surface area contributed by atoms with Crippen LogP contribution in [0.1, 0.15) is 34.7 Å². The topological polar surface area (TPSA) is 42.3 Å². The number of para-hydroxylation sites is 1. The SMILES string of the molecule is COc1ccc(N2C(=S)NC(c3ccccn3)C2c2cc(C)n(-c3ccccc3Cl)c2C)cc1. The van der Waals surface area contributed by atoms with Gasteiger partial charge < -0.3 is 19.5 Å². The number of thiocarbonyl (C=S) groups is 1. The second-order valence-corrected chi connectivity index (χ2v) is 9.10. The molecule has 2 atom stereocenters. The van der Waals surface area contributed by atoms with Crippen molar-refractivity contribution >= 4 is 34.6 Å². The third kappa shape index (κ3) is 3.83. The minimum Gasteiger partial charge on any atom is -0.497 e. The highest BCUT2D eigenvalue weighted by atomic mass is 35.5. The molecule has 1 fully saturated rings. The van der Waals surface area contributed by atoms with Crippen molar-refractivity contribution in [2.45, 2.75) is 25.9 Å². The maximum atomic E-state index is 6.59. The van der Waals surface area contributed by atoms with Gasteiger partial charge in [0.25, 0.3) is 0 Å². The number of halogens is 1. The molecule has 0 spiro atoms. The zero-order valence-electron chi connectivity index (χ0n) is 19.2. The van der Waals surface area contributed by atoms with Gasteiger partial charge in [0, 0.05) is 23.3 Å². The Morgan fingerprint density at radius 2 is 1.74 bits per heavy atom. The predicted molar refractivity (Wildman–Crippen MR) is 141 cm³/mol. The second kappa shape index (κ2) is 9.12. The molecule has 1 saturated heterocycles. The summed E-state index contributed by atoms with van der Waals surface area (Å²) in [6.45, 7) is 4.24. The van der Waals surface area contributed by atoms with Crippen LogP contribution in [0.25, 0.3) is 5.69 Å². The molecule has 5 rings (SSSR count). The Morgan fingerprint density at radius 1 is 1.00 bits per heavy atom. The molecular weight excluding hydrogens is 464 g/mol. The van der Waals surface area contributed by atoms with Crippen LogP contribution in [0.3, 0.4) is 0 Å². The van der Waals surface area contributed by atoms with Gasteiger partial charge in [-0.15, -0.1) is 0 Å². The smallest absolute Gasteiger partial charge is 0.174 e. The lowest BCUT2D eigenvalue weighted by Gasteiger charge is -2.28. The average Bonchev–Trinajstić information content (AvgIpc) is 3.35. The van der Waals surface area contributed by atoms with Crippen molar-refractivity contribution < 1.29 is 4.74 Å². The second-order valence-electron chi connectivity index (χ2n) is 8.31. The van der Waals surface area contributed by atoms with Crippen molar-refractivity contribution in [3.8, 4) is 11.4 Å². The molecule has 34 heavy (non-hydrogen) atoms. The number of hydrogen-bond donors (Lipinski definition) is 1. The lowest BCUT2D eigenvalue weighted by molar-refractivity contribution is 0.415. The number of pyridine rings is 1. The molecule has 2 aromatic heterocycles. The van der Waals surface area contributed by atoms with E-state index in [1.54, 1.807) is 7.11 Å². The zero-order chi connectivity index (χ0) is 23.8. The molecule has 0 amide bonds. The first-order valence-electron chi connectivity index (χ1n) is 11.1. The van der Waals surface area contributed by atoms with Crippen molar-refractivity contribution in [1.29, 1.82) is 0 Å². The van der Waals surface area contributed by atoms with Crippen LogP contribution in [0.2, 0.25) is 5.02 Å². The predicted octanol–water partition coefficient (Wildman–Crippen LogP) is 6.33. The Bertz CT molecular complexity index is 1340. The van der Waals surface area contributed by atoms with Crippen LogP contribution in [-0.2, 0) is 0 Å². The molecule has 0 saturated carbocycles. The molecule has 2 aromatic carbocycles. The number of ether oxygens (including phenoxy) is 1. The van der Waals surface area contributed by atoms with Gasteiger partial charge in [-0.1, -0.05) is 29.8 Å². The van der Waals surface area contributed by atoms with Gasteiger partial charge in [0.15, 0.2) is 5.11 Å². The van der Waals surface area contributed by atoms with E-state index in [1.807, 2.05) is 72.9 Å². The molecule has 0 radical (unpaired) electrons. The molecule has 1 aliphatic heterocycles. The summed E-state index contributed by atoms with van der Waals surface area (Å²) in [6, 6.07) is 23.9. The summed E-state index contributed by atoms with van der Waals surface area (Å²) in [6.07, 6.45) is 1.82. The summed E-state index contributed by atoms with van der Waals surface area (Å²) in [4.78, 5) is 6.83. The molecule has 2 unspecified atom stereocenters. The summed E-state index contributed by atoms with van der Waals surface area (Å²) in [5, 5.41) is 4.90. The van der Waals surface area contributed by atoms with Gasteiger partial charge >= 0.3 is 0 Å². The molecule has 0 bridgehead atoms. The highest BCUT2D eigenvalue weighted by Crippen LogP contribution is 2.44. The third-order valence-corrected chi connectivity index (χ3v) is 6.97. The van der Waals surface area contributed by atoms with Crippen LogP contribution >= 0.6 is 23.8 Å². The monoisotopic (exact) mass is 488 g/mol. The quantitative estimate of drug-likeness (QED) is 0.332. The van der Waals surface area contributed by atoms with Gasteiger partial charge in [-0.25, -0.2) is 0 Å². The molecule has 7 heteroatoms. The summed E-state index contributed by atoms with van der Waals surface area (Å²) >= 11 is 12.4. The summed E-state index contributed by atoms with van der Waals surface area (Å²) < 4.78 is 7.58. The van der Waals surface area contributed by atoms with Gasteiger partial charge in [0.05, 0.1) is 35.6 Å². The van der Waals surface area contributed by atoms with Gasteiger partial charge in [-0.3, -0.25) is 4.98 Å². The summed E-state index contributed by atoms with van der Waals surface area (Å²) in [7, 11) is 1.67. The molecular formula is C27H25ClN4OS. The fourth-order valence-corrected chi connectivity index (χ4v) is 5.35.